The highest BCUT2D eigenvalue weighted by Gasteiger charge is 2.19. The summed E-state index contributed by atoms with van der Waals surface area (Å²) in [5.74, 6) is -1.58. The van der Waals surface area contributed by atoms with E-state index in [0.717, 1.165) is 18.6 Å². The van der Waals surface area contributed by atoms with Gasteiger partial charge in [-0.1, -0.05) is 26.3 Å². The third-order valence-electron chi connectivity index (χ3n) is 3.03. The van der Waals surface area contributed by atoms with Gasteiger partial charge in [-0.2, -0.15) is 0 Å². The van der Waals surface area contributed by atoms with Gasteiger partial charge >= 0.3 is 0 Å². The van der Waals surface area contributed by atoms with Crippen LogP contribution < -0.4 is 11.1 Å². The van der Waals surface area contributed by atoms with Gasteiger partial charge in [-0.25, -0.2) is 8.78 Å². The van der Waals surface area contributed by atoms with E-state index in [1.807, 2.05) is 13.8 Å². The van der Waals surface area contributed by atoms with E-state index < -0.39 is 17.7 Å². The minimum absolute atomic E-state index is 0.00901. The highest BCUT2D eigenvalue weighted by atomic mass is 19.1. The van der Waals surface area contributed by atoms with Gasteiger partial charge < -0.3 is 11.1 Å². The Kier molecular flexibility index (Phi) is 5.22. The van der Waals surface area contributed by atoms with Gasteiger partial charge in [0.05, 0.1) is 6.04 Å². The largest absolute Gasteiger partial charge is 0.351 e. The summed E-state index contributed by atoms with van der Waals surface area (Å²) >= 11 is 0. The summed E-state index contributed by atoms with van der Waals surface area (Å²) in [6, 6.07) is 2.63. The van der Waals surface area contributed by atoms with Crippen molar-refractivity contribution in [3.05, 3.63) is 35.4 Å². The van der Waals surface area contributed by atoms with Crippen molar-refractivity contribution in [1.29, 1.82) is 0 Å². The Balaban J connectivity index is 2.57. The van der Waals surface area contributed by atoms with Gasteiger partial charge in [0.1, 0.15) is 11.6 Å². The zero-order valence-electron chi connectivity index (χ0n) is 10.5. The fourth-order valence-electron chi connectivity index (χ4n) is 1.48. The number of hydrogen-bond acceptors (Lipinski definition) is 2. The number of nitrogens with two attached hydrogens (primary N) is 1. The molecule has 0 fully saturated rings. The molecule has 0 aliphatic rings. The van der Waals surface area contributed by atoms with Gasteiger partial charge in [0.2, 0.25) is 5.91 Å². The summed E-state index contributed by atoms with van der Waals surface area (Å²) in [6.07, 6.45) is 0.791. The van der Waals surface area contributed by atoms with Crippen LogP contribution in [-0.2, 0) is 11.3 Å². The van der Waals surface area contributed by atoms with E-state index in [-0.39, 0.29) is 23.9 Å². The first kappa shape index (κ1) is 14.6. The Morgan fingerprint density at radius 3 is 2.67 bits per heavy atom. The smallest absolute Gasteiger partial charge is 0.237 e. The molecule has 1 amide bonds. The SMILES string of the molecule is CCC(C)[C@H](N)C(=O)NCc1ccc(F)cc1F. The second-order valence-corrected chi connectivity index (χ2v) is 4.36. The highest BCUT2D eigenvalue weighted by Crippen LogP contribution is 2.10. The minimum atomic E-state index is -0.674. The lowest BCUT2D eigenvalue weighted by Gasteiger charge is -2.17. The van der Waals surface area contributed by atoms with Crippen molar-refractivity contribution >= 4 is 5.91 Å². The normalized spacial score (nSPS) is 14.1. The van der Waals surface area contributed by atoms with E-state index in [1.54, 1.807) is 0 Å². The third kappa shape index (κ3) is 3.77. The topological polar surface area (TPSA) is 55.1 Å². The molecular weight excluding hydrogens is 238 g/mol. The molecule has 0 bridgehead atoms. The molecule has 3 nitrogen and oxygen atoms in total. The molecule has 1 aromatic carbocycles. The number of hydrogen-bond donors (Lipinski definition) is 2. The molecule has 0 aromatic heterocycles. The Hall–Kier alpha value is -1.49. The van der Waals surface area contributed by atoms with Crippen molar-refractivity contribution < 1.29 is 13.6 Å². The average molecular weight is 256 g/mol. The van der Waals surface area contributed by atoms with Crippen LogP contribution in [0.1, 0.15) is 25.8 Å². The number of halogens is 2. The lowest BCUT2D eigenvalue weighted by Crippen LogP contribution is -2.44. The molecule has 0 heterocycles. The van der Waals surface area contributed by atoms with Crippen molar-refractivity contribution in [1.82, 2.24) is 5.32 Å². The number of carbonyl (C=O) groups excluding carboxylic acids is 1. The van der Waals surface area contributed by atoms with Crippen LogP contribution in [0.2, 0.25) is 0 Å². The van der Waals surface area contributed by atoms with Gasteiger partial charge in [0.15, 0.2) is 0 Å². The van der Waals surface area contributed by atoms with Crippen LogP contribution in [0.15, 0.2) is 18.2 Å². The Bertz CT molecular complexity index is 423. The Labute approximate surface area is 105 Å². The maximum absolute atomic E-state index is 13.3. The summed E-state index contributed by atoms with van der Waals surface area (Å²) < 4.78 is 26.0. The van der Waals surface area contributed by atoms with Crippen molar-refractivity contribution in [2.75, 3.05) is 0 Å². The lowest BCUT2D eigenvalue weighted by atomic mass is 9.99. The maximum Gasteiger partial charge on any atom is 0.237 e. The first-order valence-electron chi connectivity index (χ1n) is 5.93. The van der Waals surface area contributed by atoms with Crippen LogP contribution in [0.5, 0.6) is 0 Å². The fraction of sp³-hybridized carbons (Fsp3) is 0.462. The minimum Gasteiger partial charge on any atom is -0.351 e. The van der Waals surface area contributed by atoms with Crippen molar-refractivity contribution in [2.45, 2.75) is 32.9 Å². The van der Waals surface area contributed by atoms with Gasteiger partial charge in [0, 0.05) is 18.2 Å². The molecule has 0 radical (unpaired) electrons. The summed E-state index contributed by atoms with van der Waals surface area (Å²) in [7, 11) is 0. The molecule has 18 heavy (non-hydrogen) atoms. The van der Waals surface area contributed by atoms with Gasteiger partial charge in [-0.05, 0) is 12.0 Å². The summed E-state index contributed by atoms with van der Waals surface area (Å²) in [5.41, 5.74) is 5.97. The van der Waals surface area contributed by atoms with Crippen LogP contribution in [0.25, 0.3) is 0 Å². The van der Waals surface area contributed by atoms with Gasteiger partial charge in [-0.3, -0.25) is 4.79 Å². The van der Waals surface area contributed by atoms with E-state index in [4.69, 9.17) is 5.73 Å². The number of rotatable bonds is 5. The summed E-state index contributed by atoms with van der Waals surface area (Å²) in [5, 5.41) is 2.55. The van der Waals surface area contributed by atoms with Crippen molar-refractivity contribution in [2.24, 2.45) is 11.7 Å². The lowest BCUT2D eigenvalue weighted by molar-refractivity contribution is -0.123. The molecule has 0 aliphatic carbocycles. The zero-order valence-corrected chi connectivity index (χ0v) is 10.5. The molecule has 1 aromatic rings. The Morgan fingerprint density at radius 1 is 1.44 bits per heavy atom. The molecule has 1 unspecified atom stereocenters. The second-order valence-electron chi connectivity index (χ2n) is 4.36. The number of nitrogens with one attached hydrogen (secondary N) is 1. The predicted octanol–water partition coefficient (Wildman–Crippen LogP) is 1.95. The van der Waals surface area contributed by atoms with Crippen molar-refractivity contribution in [3.63, 3.8) is 0 Å². The molecule has 0 saturated carbocycles. The highest BCUT2D eigenvalue weighted by molar-refractivity contribution is 5.81. The van der Waals surface area contributed by atoms with Crippen LogP contribution in [0, 0.1) is 17.6 Å². The van der Waals surface area contributed by atoms with Crippen LogP contribution in [-0.4, -0.2) is 11.9 Å². The summed E-state index contributed by atoms with van der Waals surface area (Å²) in [6.45, 7) is 3.83. The predicted molar refractivity (Wildman–Crippen MR) is 65.6 cm³/mol. The van der Waals surface area contributed by atoms with Crippen LogP contribution in [0.3, 0.4) is 0 Å². The molecule has 0 saturated heterocycles. The van der Waals surface area contributed by atoms with Crippen LogP contribution >= 0.6 is 0 Å². The van der Waals surface area contributed by atoms with E-state index >= 15 is 0 Å². The van der Waals surface area contributed by atoms with E-state index in [1.165, 1.54) is 6.07 Å². The van der Waals surface area contributed by atoms with Gasteiger partial charge in [-0.15, -0.1) is 0 Å². The Morgan fingerprint density at radius 2 is 2.11 bits per heavy atom. The third-order valence-corrected chi connectivity index (χ3v) is 3.03. The molecule has 0 spiro atoms. The van der Waals surface area contributed by atoms with E-state index in [0.29, 0.717) is 0 Å². The maximum atomic E-state index is 13.3. The number of amides is 1. The van der Waals surface area contributed by atoms with Crippen molar-refractivity contribution in [3.8, 4) is 0 Å². The molecule has 5 heteroatoms. The molecular formula is C13H18F2N2O. The fourth-order valence-corrected chi connectivity index (χ4v) is 1.48. The molecule has 3 N–H and O–H groups in total. The average Bonchev–Trinajstić information content (AvgIpc) is 2.35. The molecule has 100 valence electrons. The van der Waals surface area contributed by atoms with E-state index in [9.17, 15) is 13.6 Å². The second kappa shape index (κ2) is 6.44. The molecule has 2 atom stereocenters. The molecule has 0 aliphatic heterocycles. The van der Waals surface area contributed by atoms with E-state index in [2.05, 4.69) is 5.32 Å². The first-order chi connectivity index (χ1) is 8.45. The standard InChI is InChI=1S/C13H18F2N2O/c1-3-8(2)12(16)13(18)17-7-9-4-5-10(14)6-11(9)15/h4-6,8,12H,3,7,16H2,1-2H3,(H,17,18)/t8?,12-/m0/s1. The van der Waals surface area contributed by atoms with Gasteiger partial charge in [0.25, 0.3) is 0 Å². The summed E-state index contributed by atoms with van der Waals surface area (Å²) in [4.78, 5) is 11.7. The molecule has 1 rings (SSSR count). The number of carbonyl (C=O) groups is 1. The number of benzene rings is 1. The van der Waals surface area contributed by atoms with Crippen LogP contribution in [0.4, 0.5) is 8.78 Å². The first-order valence-corrected chi connectivity index (χ1v) is 5.93. The quantitative estimate of drug-likeness (QED) is 0.846. The monoisotopic (exact) mass is 256 g/mol. The zero-order chi connectivity index (χ0) is 13.7.